The van der Waals surface area contributed by atoms with Crippen molar-refractivity contribution in [2.24, 2.45) is 0 Å². The Labute approximate surface area is 144 Å². The van der Waals surface area contributed by atoms with Gasteiger partial charge in [0.05, 0.1) is 25.8 Å². The van der Waals surface area contributed by atoms with Crippen molar-refractivity contribution in [2.45, 2.75) is 13.0 Å². The zero-order chi connectivity index (χ0) is 17.2. The summed E-state index contributed by atoms with van der Waals surface area (Å²) in [6.45, 7) is 2.01. The molecule has 1 aromatic carbocycles. The molecule has 7 nitrogen and oxygen atoms in total. The number of hydrogen-bond donors (Lipinski definition) is 0. The van der Waals surface area contributed by atoms with Crippen molar-refractivity contribution >= 4 is 0 Å². The minimum absolute atomic E-state index is 0.0273. The van der Waals surface area contributed by atoms with Crippen LogP contribution in [0.25, 0.3) is 16.9 Å². The standard InChI is InChI=1S/C18H17N5O2/c1-13(17-8-5-9-25-17)22-12-15(20-21-22)14-10-19-23(11-14)16-6-3-4-7-18(16)24-2/h3-13H,1-2H3. The first kappa shape index (κ1) is 15.2. The molecule has 0 aliphatic carbocycles. The summed E-state index contributed by atoms with van der Waals surface area (Å²) in [5.74, 6) is 1.59. The highest BCUT2D eigenvalue weighted by Crippen LogP contribution is 2.25. The van der Waals surface area contributed by atoms with Gasteiger partial charge in [-0.05, 0) is 31.2 Å². The minimum Gasteiger partial charge on any atom is -0.494 e. The third-order valence-corrected chi connectivity index (χ3v) is 4.07. The highest BCUT2D eigenvalue weighted by atomic mass is 16.5. The first-order chi connectivity index (χ1) is 12.3. The molecule has 0 fully saturated rings. The number of aromatic nitrogens is 5. The van der Waals surface area contributed by atoms with E-state index in [0.29, 0.717) is 0 Å². The molecule has 0 aliphatic heterocycles. The maximum Gasteiger partial charge on any atom is 0.144 e. The summed E-state index contributed by atoms with van der Waals surface area (Å²) in [6, 6.07) is 11.5. The zero-order valence-electron chi connectivity index (χ0n) is 13.9. The van der Waals surface area contributed by atoms with Gasteiger partial charge in [0, 0.05) is 11.8 Å². The Morgan fingerprint density at radius 3 is 2.80 bits per heavy atom. The third kappa shape index (κ3) is 2.80. The maximum absolute atomic E-state index is 5.43. The summed E-state index contributed by atoms with van der Waals surface area (Å²) >= 11 is 0. The molecule has 0 bridgehead atoms. The highest BCUT2D eigenvalue weighted by molar-refractivity contribution is 5.57. The number of nitrogens with zero attached hydrogens (tertiary/aromatic N) is 5. The number of hydrogen-bond acceptors (Lipinski definition) is 5. The highest BCUT2D eigenvalue weighted by Gasteiger charge is 2.15. The predicted molar refractivity (Wildman–Crippen MR) is 91.7 cm³/mol. The number of benzene rings is 1. The Morgan fingerprint density at radius 2 is 2.00 bits per heavy atom. The van der Waals surface area contributed by atoms with E-state index >= 15 is 0 Å². The van der Waals surface area contributed by atoms with Gasteiger partial charge in [-0.2, -0.15) is 5.10 Å². The molecule has 1 unspecified atom stereocenters. The van der Waals surface area contributed by atoms with Crippen molar-refractivity contribution < 1.29 is 9.15 Å². The molecule has 3 aromatic heterocycles. The van der Waals surface area contributed by atoms with Crippen LogP contribution >= 0.6 is 0 Å². The summed E-state index contributed by atoms with van der Waals surface area (Å²) in [5.41, 5.74) is 2.50. The predicted octanol–water partition coefficient (Wildman–Crippen LogP) is 3.34. The number of ether oxygens (including phenoxy) is 1. The van der Waals surface area contributed by atoms with Gasteiger partial charge in [0.25, 0.3) is 0 Å². The van der Waals surface area contributed by atoms with E-state index in [0.717, 1.165) is 28.5 Å². The van der Waals surface area contributed by atoms with Gasteiger partial charge < -0.3 is 9.15 Å². The average molecular weight is 335 g/mol. The molecule has 0 saturated carbocycles. The summed E-state index contributed by atoms with van der Waals surface area (Å²) in [7, 11) is 1.64. The van der Waals surface area contributed by atoms with Gasteiger partial charge in [0.2, 0.25) is 0 Å². The topological polar surface area (TPSA) is 70.9 Å². The monoisotopic (exact) mass is 335 g/mol. The molecule has 0 aliphatic rings. The van der Waals surface area contributed by atoms with Crippen LogP contribution in [-0.2, 0) is 0 Å². The largest absolute Gasteiger partial charge is 0.494 e. The van der Waals surface area contributed by atoms with E-state index in [1.807, 2.05) is 55.7 Å². The summed E-state index contributed by atoms with van der Waals surface area (Å²) in [5, 5.41) is 12.9. The Morgan fingerprint density at radius 1 is 1.12 bits per heavy atom. The van der Waals surface area contributed by atoms with Crippen molar-refractivity contribution in [1.29, 1.82) is 0 Å². The van der Waals surface area contributed by atoms with Crippen LogP contribution < -0.4 is 4.74 Å². The van der Waals surface area contributed by atoms with E-state index in [9.17, 15) is 0 Å². The molecule has 7 heteroatoms. The van der Waals surface area contributed by atoms with Crippen LogP contribution in [0, 0.1) is 0 Å². The third-order valence-electron chi connectivity index (χ3n) is 4.07. The number of furan rings is 1. The normalized spacial score (nSPS) is 12.2. The molecule has 4 aromatic rings. The average Bonchev–Trinajstić information content (AvgIpc) is 3.42. The quantitative estimate of drug-likeness (QED) is 0.559. The van der Waals surface area contributed by atoms with Gasteiger partial charge in [-0.15, -0.1) is 5.10 Å². The van der Waals surface area contributed by atoms with Gasteiger partial charge in [0.1, 0.15) is 28.9 Å². The molecule has 0 saturated heterocycles. The van der Waals surface area contributed by atoms with Gasteiger partial charge in [0.15, 0.2) is 0 Å². The minimum atomic E-state index is -0.0273. The van der Waals surface area contributed by atoms with Crippen molar-refractivity contribution in [3.63, 3.8) is 0 Å². The van der Waals surface area contributed by atoms with Crippen molar-refractivity contribution in [2.75, 3.05) is 7.11 Å². The van der Waals surface area contributed by atoms with E-state index in [1.54, 1.807) is 28.9 Å². The fourth-order valence-electron chi connectivity index (χ4n) is 2.66. The maximum atomic E-state index is 5.43. The molecule has 4 rings (SSSR count). The first-order valence-corrected chi connectivity index (χ1v) is 7.90. The van der Waals surface area contributed by atoms with Gasteiger partial charge in [-0.1, -0.05) is 17.3 Å². The number of methoxy groups -OCH3 is 1. The lowest BCUT2D eigenvalue weighted by Gasteiger charge is -2.07. The molecule has 0 radical (unpaired) electrons. The van der Waals surface area contributed by atoms with Crippen LogP contribution in [0.5, 0.6) is 5.75 Å². The first-order valence-electron chi connectivity index (χ1n) is 7.90. The van der Waals surface area contributed by atoms with Crippen LogP contribution in [0.2, 0.25) is 0 Å². The van der Waals surface area contributed by atoms with Crippen LogP contribution in [0.3, 0.4) is 0 Å². The SMILES string of the molecule is COc1ccccc1-n1cc(-c2cn(C(C)c3ccco3)nn2)cn1. The fourth-order valence-corrected chi connectivity index (χ4v) is 2.66. The van der Waals surface area contributed by atoms with E-state index in [4.69, 9.17) is 9.15 Å². The number of para-hydroxylation sites is 2. The Bertz CT molecular complexity index is 971. The molecule has 3 heterocycles. The van der Waals surface area contributed by atoms with Gasteiger partial charge in [-0.3, -0.25) is 0 Å². The molecule has 1 atom stereocenters. The van der Waals surface area contributed by atoms with E-state index < -0.39 is 0 Å². The van der Waals surface area contributed by atoms with Crippen molar-refractivity contribution in [1.82, 2.24) is 24.8 Å². The lowest BCUT2D eigenvalue weighted by Crippen LogP contribution is -2.06. The molecular formula is C18H17N5O2. The summed E-state index contributed by atoms with van der Waals surface area (Å²) in [6.07, 6.45) is 7.21. The van der Waals surface area contributed by atoms with Crippen LogP contribution in [0.4, 0.5) is 0 Å². The Kier molecular flexibility index (Phi) is 3.81. The second kappa shape index (κ2) is 6.27. The fraction of sp³-hybridized carbons (Fsp3) is 0.167. The van der Waals surface area contributed by atoms with Crippen molar-refractivity contribution in [3.8, 4) is 22.7 Å². The van der Waals surface area contributed by atoms with Crippen LogP contribution in [0.15, 0.2) is 65.7 Å². The molecular weight excluding hydrogens is 318 g/mol. The smallest absolute Gasteiger partial charge is 0.144 e. The Balaban J connectivity index is 1.63. The summed E-state index contributed by atoms with van der Waals surface area (Å²) < 4.78 is 14.4. The summed E-state index contributed by atoms with van der Waals surface area (Å²) in [4.78, 5) is 0. The second-order valence-corrected chi connectivity index (χ2v) is 5.62. The van der Waals surface area contributed by atoms with E-state index in [2.05, 4.69) is 15.4 Å². The van der Waals surface area contributed by atoms with Crippen LogP contribution in [-0.4, -0.2) is 31.9 Å². The van der Waals surface area contributed by atoms with Crippen LogP contribution in [0.1, 0.15) is 18.7 Å². The van der Waals surface area contributed by atoms with E-state index in [-0.39, 0.29) is 6.04 Å². The van der Waals surface area contributed by atoms with Gasteiger partial charge >= 0.3 is 0 Å². The lowest BCUT2D eigenvalue weighted by molar-refractivity contribution is 0.411. The Hall–Kier alpha value is -3.35. The molecule has 0 spiro atoms. The molecule has 126 valence electrons. The molecule has 25 heavy (non-hydrogen) atoms. The number of rotatable bonds is 5. The zero-order valence-corrected chi connectivity index (χ0v) is 13.9. The van der Waals surface area contributed by atoms with Gasteiger partial charge in [-0.25, -0.2) is 9.36 Å². The van der Waals surface area contributed by atoms with Crippen molar-refractivity contribution in [3.05, 3.63) is 67.0 Å². The van der Waals surface area contributed by atoms with E-state index in [1.165, 1.54) is 0 Å². The lowest BCUT2D eigenvalue weighted by atomic mass is 10.2. The molecule has 0 N–H and O–H groups in total. The second-order valence-electron chi connectivity index (χ2n) is 5.62. The molecule has 0 amide bonds.